The molecule has 0 aliphatic rings. The van der Waals surface area contributed by atoms with E-state index in [4.69, 9.17) is 23.2 Å². The lowest BCUT2D eigenvalue weighted by Gasteiger charge is -2.21. The van der Waals surface area contributed by atoms with Gasteiger partial charge in [-0.2, -0.15) is 0 Å². The third-order valence-electron chi connectivity index (χ3n) is 2.89. The zero-order valence-electron chi connectivity index (χ0n) is 9.37. The predicted octanol–water partition coefficient (Wildman–Crippen LogP) is 4.18. The van der Waals surface area contributed by atoms with Crippen molar-refractivity contribution >= 4 is 23.2 Å². The summed E-state index contributed by atoms with van der Waals surface area (Å²) < 4.78 is 0. The van der Waals surface area contributed by atoms with Crippen LogP contribution in [-0.4, -0.2) is 10.4 Å². The van der Waals surface area contributed by atoms with Gasteiger partial charge in [0.15, 0.2) is 0 Å². The first-order valence-electron chi connectivity index (χ1n) is 5.24. The lowest BCUT2D eigenvalue weighted by Crippen LogP contribution is -2.19. The molecule has 0 spiro atoms. The summed E-state index contributed by atoms with van der Waals surface area (Å²) in [6.45, 7) is 6.56. The number of nitrogens with zero attached hydrogens (tertiary/aromatic N) is 1. The highest BCUT2D eigenvalue weighted by Crippen LogP contribution is 2.25. The van der Waals surface area contributed by atoms with Crippen LogP contribution < -0.4 is 0 Å². The highest BCUT2D eigenvalue weighted by molar-refractivity contribution is 6.31. The quantitative estimate of drug-likeness (QED) is 0.726. The monoisotopic (exact) mass is 245 g/mol. The highest BCUT2D eigenvalue weighted by atomic mass is 35.5. The Balaban J connectivity index is 2.66. The van der Waals surface area contributed by atoms with Gasteiger partial charge in [-0.1, -0.05) is 32.4 Å². The maximum atomic E-state index is 6.35. The van der Waals surface area contributed by atoms with Gasteiger partial charge in [0.05, 0.1) is 5.02 Å². The van der Waals surface area contributed by atoms with Crippen molar-refractivity contribution in [2.24, 2.45) is 11.8 Å². The minimum absolute atomic E-state index is 0.130. The zero-order chi connectivity index (χ0) is 11.4. The normalized spacial score (nSPS) is 15.3. The van der Waals surface area contributed by atoms with Crippen molar-refractivity contribution in [3.05, 3.63) is 29.0 Å². The average Bonchev–Trinajstić information content (AvgIpc) is 2.20. The smallest absolute Gasteiger partial charge is 0.0621 e. The summed E-state index contributed by atoms with van der Waals surface area (Å²) in [4.78, 5) is 3.96. The molecule has 2 unspecified atom stereocenters. The van der Waals surface area contributed by atoms with Crippen LogP contribution in [0, 0.1) is 11.8 Å². The Hall–Kier alpha value is -0.270. The molecule has 0 aromatic carbocycles. The number of aromatic nitrogens is 1. The first kappa shape index (κ1) is 12.8. The molecule has 84 valence electrons. The van der Waals surface area contributed by atoms with Crippen molar-refractivity contribution in [2.45, 2.75) is 32.6 Å². The van der Waals surface area contributed by atoms with E-state index in [0.29, 0.717) is 16.9 Å². The van der Waals surface area contributed by atoms with Gasteiger partial charge in [0, 0.05) is 17.8 Å². The standard InChI is InChI=1S/C12H17Cl2N/c1-8(2)9(3)11(13)6-10-4-5-15-7-12(10)14/h4-5,7-9,11H,6H2,1-3H3. The van der Waals surface area contributed by atoms with Crippen LogP contribution >= 0.6 is 23.2 Å². The molecule has 3 heteroatoms. The molecule has 0 N–H and O–H groups in total. The van der Waals surface area contributed by atoms with Crippen molar-refractivity contribution in [3.63, 3.8) is 0 Å². The SMILES string of the molecule is CC(C)C(C)C(Cl)Cc1ccncc1Cl. The van der Waals surface area contributed by atoms with Crippen molar-refractivity contribution in [3.8, 4) is 0 Å². The zero-order valence-corrected chi connectivity index (χ0v) is 10.9. The molecule has 0 aliphatic heterocycles. The van der Waals surface area contributed by atoms with E-state index in [1.165, 1.54) is 0 Å². The fraction of sp³-hybridized carbons (Fsp3) is 0.583. The predicted molar refractivity (Wildman–Crippen MR) is 66.6 cm³/mol. The summed E-state index contributed by atoms with van der Waals surface area (Å²) in [6, 6.07) is 1.94. The first-order valence-corrected chi connectivity index (χ1v) is 6.06. The Morgan fingerprint density at radius 3 is 2.53 bits per heavy atom. The average molecular weight is 246 g/mol. The molecule has 1 aromatic heterocycles. The molecule has 0 amide bonds. The lowest BCUT2D eigenvalue weighted by atomic mass is 9.91. The molecule has 1 nitrogen and oxygen atoms in total. The first-order chi connectivity index (χ1) is 7.02. The van der Waals surface area contributed by atoms with Gasteiger partial charge < -0.3 is 0 Å². The number of hydrogen-bond donors (Lipinski definition) is 0. The largest absolute Gasteiger partial charge is 0.263 e. The van der Waals surface area contributed by atoms with Gasteiger partial charge in [-0.3, -0.25) is 4.98 Å². The number of hydrogen-bond acceptors (Lipinski definition) is 1. The summed E-state index contributed by atoms with van der Waals surface area (Å²) in [5.41, 5.74) is 1.08. The van der Waals surface area contributed by atoms with Crippen molar-refractivity contribution in [1.29, 1.82) is 0 Å². The van der Waals surface area contributed by atoms with E-state index < -0.39 is 0 Å². The Morgan fingerprint density at radius 2 is 2.00 bits per heavy atom. The van der Waals surface area contributed by atoms with E-state index in [1.807, 2.05) is 6.07 Å². The van der Waals surface area contributed by atoms with Crippen molar-refractivity contribution in [1.82, 2.24) is 4.98 Å². The van der Waals surface area contributed by atoms with Gasteiger partial charge in [-0.05, 0) is 29.9 Å². The lowest BCUT2D eigenvalue weighted by molar-refractivity contribution is 0.399. The minimum atomic E-state index is 0.130. The van der Waals surface area contributed by atoms with Crippen LogP contribution in [0.3, 0.4) is 0 Å². The van der Waals surface area contributed by atoms with Crippen LogP contribution in [0.1, 0.15) is 26.3 Å². The Kier molecular flexibility index (Phi) is 4.88. The summed E-state index contributed by atoms with van der Waals surface area (Å²) in [5.74, 6) is 1.07. The Labute approximate surface area is 102 Å². The molecular formula is C12H17Cl2N. The van der Waals surface area contributed by atoms with Gasteiger partial charge in [0.2, 0.25) is 0 Å². The molecule has 0 saturated carbocycles. The minimum Gasteiger partial charge on any atom is -0.263 e. The van der Waals surface area contributed by atoms with E-state index in [1.54, 1.807) is 12.4 Å². The maximum absolute atomic E-state index is 6.35. The highest BCUT2D eigenvalue weighted by Gasteiger charge is 2.18. The van der Waals surface area contributed by atoms with E-state index in [9.17, 15) is 0 Å². The fourth-order valence-electron chi connectivity index (χ4n) is 1.38. The molecule has 0 bridgehead atoms. The summed E-state index contributed by atoms with van der Waals surface area (Å²) >= 11 is 12.4. The molecule has 0 saturated heterocycles. The van der Waals surface area contributed by atoms with Crippen LogP contribution in [0.25, 0.3) is 0 Å². The Morgan fingerprint density at radius 1 is 1.33 bits per heavy atom. The fourth-order valence-corrected chi connectivity index (χ4v) is 2.04. The molecule has 1 heterocycles. The van der Waals surface area contributed by atoms with Crippen molar-refractivity contribution < 1.29 is 0 Å². The number of pyridine rings is 1. The molecular weight excluding hydrogens is 229 g/mol. The Bertz CT molecular complexity index is 312. The van der Waals surface area contributed by atoms with E-state index >= 15 is 0 Å². The molecule has 2 atom stereocenters. The number of rotatable bonds is 4. The van der Waals surface area contributed by atoms with Crippen LogP contribution in [0.4, 0.5) is 0 Å². The molecule has 15 heavy (non-hydrogen) atoms. The van der Waals surface area contributed by atoms with Crippen LogP contribution in [0.15, 0.2) is 18.5 Å². The van der Waals surface area contributed by atoms with Crippen LogP contribution in [0.2, 0.25) is 5.02 Å². The van der Waals surface area contributed by atoms with Gasteiger partial charge in [0.25, 0.3) is 0 Å². The maximum Gasteiger partial charge on any atom is 0.0621 e. The molecule has 0 radical (unpaired) electrons. The number of alkyl halides is 1. The van der Waals surface area contributed by atoms with Crippen molar-refractivity contribution in [2.75, 3.05) is 0 Å². The molecule has 0 fully saturated rings. The van der Waals surface area contributed by atoms with Gasteiger partial charge in [0.1, 0.15) is 0 Å². The van der Waals surface area contributed by atoms with Crippen LogP contribution in [0.5, 0.6) is 0 Å². The number of halogens is 2. The second-order valence-electron chi connectivity index (χ2n) is 4.29. The third kappa shape index (κ3) is 3.66. The van der Waals surface area contributed by atoms with Gasteiger partial charge in [-0.15, -0.1) is 11.6 Å². The molecule has 1 rings (SSSR count). The van der Waals surface area contributed by atoms with Gasteiger partial charge >= 0.3 is 0 Å². The summed E-state index contributed by atoms with van der Waals surface area (Å²) in [5, 5.41) is 0.837. The van der Waals surface area contributed by atoms with E-state index in [0.717, 1.165) is 12.0 Å². The topological polar surface area (TPSA) is 12.9 Å². The van der Waals surface area contributed by atoms with E-state index in [2.05, 4.69) is 25.8 Å². The van der Waals surface area contributed by atoms with Crippen LogP contribution in [-0.2, 0) is 6.42 Å². The summed E-state index contributed by atoms with van der Waals surface area (Å²) in [7, 11) is 0. The second-order valence-corrected chi connectivity index (χ2v) is 5.26. The second kappa shape index (κ2) is 5.72. The molecule has 0 aliphatic carbocycles. The summed E-state index contributed by atoms with van der Waals surface area (Å²) in [6.07, 6.45) is 4.23. The third-order valence-corrected chi connectivity index (χ3v) is 3.79. The van der Waals surface area contributed by atoms with E-state index in [-0.39, 0.29) is 5.38 Å². The van der Waals surface area contributed by atoms with Gasteiger partial charge in [-0.25, -0.2) is 0 Å². The molecule has 1 aromatic rings.